The van der Waals surface area contributed by atoms with Crippen LogP contribution in [-0.2, 0) is 10.8 Å². The Morgan fingerprint density at radius 2 is 1.59 bits per heavy atom. The van der Waals surface area contributed by atoms with E-state index in [-0.39, 0.29) is 5.69 Å². The van der Waals surface area contributed by atoms with Crippen molar-refractivity contribution >= 4 is 22.2 Å². The largest absolute Gasteiger partial charge is 0.459 e. The van der Waals surface area contributed by atoms with Crippen molar-refractivity contribution in [1.82, 2.24) is 0 Å². The second-order valence-electron chi connectivity index (χ2n) is 7.74. The van der Waals surface area contributed by atoms with E-state index >= 15 is 0 Å². The van der Waals surface area contributed by atoms with Crippen LogP contribution in [0.25, 0.3) is 11.1 Å². The maximum absolute atomic E-state index is 14.5. The molecule has 2 unspecified atom stereocenters. The van der Waals surface area contributed by atoms with E-state index in [2.05, 4.69) is 5.10 Å². The Morgan fingerprint density at radius 3 is 2.21 bits per heavy atom. The van der Waals surface area contributed by atoms with E-state index in [0.717, 1.165) is 16.6 Å². The van der Waals surface area contributed by atoms with Crippen molar-refractivity contribution in [2.45, 2.75) is 29.5 Å². The fourth-order valence-corrected chi connectivity index (χ4v) is 4.27. The van der Waals surface area contributed by atoms with Crippen molar-refractivity contribution in [3.8, 4) is 11.1 Å². The maximum atomic E-state index is 14.5. The molecule has 0 bridgehead atoms. The van der Waals surface area contributed by atoms with Crippen LogP contribution in [0.4, 0.5) is 32.0 Å². The molecule has 0 saturated heterocycles. The third kappa shape index (κ3) is 4.46. The maximum Gasteiger partial charge on any atom is 0.459 e. The number of benzene rings is 3. The Hall–Kier alpha value is -3.14. The minimum atomic E-state index is -5.83. The summed E-state index contributed by atoms with van der Waals surface area (Å²) in [4.78, 5) is 0.619. The lowest BCUT2D eigenvalue weighted by molar-refractivity contribution is -0.249. The zero-order chi connectivity index (χ0) is 24.7. The van der Waals surface area contributed by atoms with Gasteiger partial charge in [0.15, 0.2) is 0 Å². The summed E-state index contributed by atoms with van der Waals surface area (Å²) in [7, 11) is -1.17. The predicted octanol–water partition coefficient (Wildman–Crippen LogP) is 6.74. The number of alkyl halides is 5. The van der Waals surface area contributed by atoms with Crippen LogP contribution in [0.15, 0.2) is 82.8 Å². The molecule has 178 valence electrons. The SMILES string of the molecule is CS(=O)c1ccc(-c2cccc(C3CC(C(F)(F)C(F)(F)F)=NN3c3ccccc3F)c2)cc1. The summed E-state index contributed by atoms with van der Waals surface area (Å²) >= 11 is 0. The van der Waals surface area contributed by atoms with Gasteiger partial charge in [-0.25, -0.2) is 4.39 Å². The van der Waals surface area contributed by atoms with Crippen LogP contribution < -0.4 is 5.01 Å². The van der Waals surface area contributed by atoms with Gasteiger partial charge in [-0.15, -0.1) is 0 Å². The van der Waals surface area contributed by atoms with Gasteiger partial charge in [0.1, 0.15) is 11.5 Å². The third-order valence-electron chi connectivity index (χ3n) is 5.52. The number of hydrogen-bond donors (Lipinski definition) is 0. The van der Waals surface area contributed by atoms with Crippen LogP contribution in [0.1, 0.15) is 18.0 Å². The number of hydrazone groups is 1. The summed E-state index contributed by atoms with van der Waals surface area (Å²) in [6.45, 7) is 0. The molecule has 3 aromatic carbocycles. The highest BCUT2D eigenvalue weighted by atomic mass is 32.2. The summed E-state index contributed by atoms with van der Waals surface area (Å²) < 4.78 is 93.6. The molecule has 1 heterocycles. The molecule has 0 amide bonds. The van der Waals surface area contributed by atoms with Crippen LogP contribution in [0.2, 0.25) is 0 Å². The fraction of sp³-hybridized carbons (Fsp3) is 0.208. The molecular weight excluding hydrogens is 478 g/mol. The van der Waals surface area contributed by atoms with Gasteiger partial charge in [-0.2, -0.15) is 27.1 Å². The molecule has 10 heteroatoms. The minimum absolute atomic E-state index is 0.208. The molecular formula is C24H18F6N2OS. The van der Waals surface area contributed by atoms with Crippen molar-refractivity contribution in [1.29, 1.82) is 0 Å². The molecule has 0 aliphatic carbocycles. The van der Waals surface area contributed by atoms with E-state index in [9.17, 15) is 30.6 Å². The molecule has 34 heavy (non-hydrogen) atoms. The molecule has 0 radical (unpaired) electrons. The van der Waals surface area contributed by atoms with E-state index in [1.807, 2.05) is 0 Å². The number of rotatable bonds is 5. The quantitative estimate of drug-likeness (QED) is 0.367. The van der Waals surface area contributed by atoms with Gasteiger partial charge in [0, 0.05) is 28.4 Å². The summed E-state index contributed by atoms with van der Waals surface area (Å²) in [5.74, 6) is -5.96. The molecule has 0 N–H and O–H groups in total. The summed E-state index contributed by atoms with van der Waals surface area (Å²) in [6, 6.07) is 17.5. The van der Waals surface area contributed by atoms with Gasteiger partial charge >= 0.3 is 12.1 Å². The highest BCUT2D eigenvalue weighted by Crippen LogP contribution is 2.45. The normalized spacial score (nSPS) is 17.6. The van der Waals surface area contributed by atoms with E-state index in [0.29, 0.717) is 16.0 Å². The van der Waals surface area contributed by atoms with Gasteiger partial charge in [-0.05, 0) is 47.0 Å². The first kappa shape index (κ1) is 24.0. The highest BCUT2D eigenvalue weighted by Gasteiger charge is 2.62. The molecule has 4 rings (SSSR count). The highest BCUT2D eigenvalue weighted by molar-refractivity contribution is 7.84. The van der Waals surface area contributed by atoms with Crippen molar-refractivity contribution < 1.29 is 30.6 Å². The average molecular weight is 496 g/mol. The van der Waals surface area contributed by atoms with Crippen LogP contribution >= 0.6 is 0 Å². The first-order valence-electron chi connectivity index (χ1n) is 10.1. The van der Waals surface area contributed by atoms with Gasteiger partial charge in [0.2, 0.25) is 0 Å². The monoisotopic (exact) mass is 496 g/mol. The Bertz CT molecular complexity index is 1260. The lowest BCUT2D eigenvalue weighted by Gasteiger charge is -2.24. The van der Waals surface area contributed by atoms with E-state index in [1.54, 1.807) is 54.8 Å². The Kier molecular flexibility index (Phi) is 6.28. The number of nitrogens with zero attached hydrogens (tertiary/aromatic N) is 2. The number of para-hydroxylation sites is 1. The predicted molar refractivity (Wildman–Crippen MR) is 119 cm³/mol. The number of halogens is 6. The average Bonchev–Trinajstić information content (AvgIpc) is 3.25. The Morgan fingerprint density at radius 1 is 0.912 bits per heavy atom. The number of hydrogen-bond acceptors (Lipinski definition) is 3. The minimum Gasteiger partial charge on any atom is -0.255 e. The number of anilines is 1. The van der Waals surface area contributed by atoms with E-state index in [1.165, 1.54) is 18.2 Å². The van der Waals surface area contributed by atoms with Crippen molar-refractivity contribution in [2.75, 3.05) is 11.3 Å². The molecule has 3 nitrogen and oxygen atoms in total. The zero-order valence-electron chi connectivity index (χ0n) is 17.7. The first-order valence-corrected chi connectivity index (χ1v) is 11.6. The van der Waals surface area contributed by atoms with Gasteiger partial charge in [-0.1, -0.05) is 42.5 Å². The van der Waals surface area contributed by atoms with Crippen molar-refractivity contribution in [3.63, 3.8) is 0 Å². The smallest absolute Gasteiger partial charge is 0.255 e. The zero-order valence-corrected chi connectivity index (χ0v) is 18.5. The molecule has 0 spiro atoms. The summed E-state index contributed by atoms with van der Waals surface area (Å²) in [6.07, 6.45) is -5.02. The van der Waals surface area contributed by atoms with Gasteiger partial charge in [-0.3, -0.25) is 9.22 Å². The van der Waals surface area contributed by atoms with Crippen LogP contribution in [0.3, 0.4) is 0 Å². The van der Waals surface area contributed by atoms with Gasteiger partial charge < -0.3 is 0 Å². The Balaban J connectivity index is 1.76. The summed E-state index contributed by atoms with van der Waals surface area (Å²) in [5.41, 5.74) is 0.193. The van der Waals surface area contributed by atoms with E-state index < -0.39 is 46.9 Å². The van der Waals surface area contributed by atoms with Crippen LogP contribution in [-0.4, -0.2) is 28.3 Å². The molecule has 0 fully saturated rings. The second-order valence-corrected chi connectivity index (χ2v) is 9.12. The first-order chi connectivity index (χ1) is 16.0. The summed E-state index contributed by atoms with van der Waals surface area (Å²) in [5, 5.41) is 4.44. The molecule has 0 aromatic heterocycles. The Labute approximate surface area is 194 Å². The molecule has 1 aliphatic rings. The van der Waals surface area contributed by atoms with E-state index in [4.69, 9.17) is 0 Å². The van der Waals surface area contributed by atoms with Crippen LogP contribution in [0, 0.1) is 5.82 Å². The van der Waals surface area contributed by atoms with Crippen LogP contribution in [0.5, 0.6) is 0 Å². The molecule has 3 aromatic rings. The third-order valence-corrected chi connectivity index (χ3v) is 6.46. The standard InChI is InChI=1S/C24H18F6N2OS/c1-34(33)18-11-9-15(10-12-18)16-5-4-6-17(13-16)21-14-22(23(26,27)24(28,29)30)31-32(21)20-8-3-2-7-19(20)25/h2-13,21H,14H2,1H3. The molecule has 0 saturated carbocycles. The second kappa shape index (κ2) is 8.90. The molecule has 1 aliphatic heterocycles. The van der Waals surface area contributed by atoms with Gasteiger partial charge in [0.05, 0.1) is 11.7 Å². The molecule has 2 atom stereocenters. The lowest BCUT2D eigenvalue weighted by Crippen LogP contribution is -2.43. The fourth-order valence-electron chi connectivity index (χ4n) is 3.75. The van der Waals surface area contributed by atoms with Gasteiger partial charge in [0.25, 0.3) is 0 Å². The topological polar surface area (TPSA) is 32.7 Å². The van der Waals surface area contributed by atoms with Crippen molar-refractivity contribution in [3.05, 3.63) is 84.2 Å². The lowest BCUT2D eigenvalue weighted by atomic mass is 9.95. The van der Waals surface area contributed by atoms with Crippen molar-refractivity contribution in [2.24, 2.45) is 5.10 Å².